The second-order valence-corrected chi connectivity index (χ2v) is 5.77. The van der Waals surface area contributed by atoms with Gasteiger partial charge in [0.25, 0.3) is 5.91 Å². The molecule has 0 spiro atoms. The SMILES string of the molecule is CCNc1cccc(C(=O)Nc2ncc(Br)s2)n1. The monoisotopic (exact) mass is 326 g/mol. The molecule has 2 rings (SSSR count). The van der Waals surface area contributed by atoms with E-state index < -0.39 is 0 Å². The van der Waals surface area contributed by atoms with Crippen molar-refractivity contribution in [1.29, 1.82) is 0 Å². The zero-order chi connectivity index (χ0) is 13.0. The summed E-state index contributed by atoms with van der Waals surface area (Å²) in [5.41, 5.74) is 0.361. The number of aromatic nitrogens is 2. The smallest absolute Gasteiger partial charge is 0.276 e. The number of amides is 1. The number of hydrogen-bond donors (Lipinski definition) is 2. The van der Waals surface area contributed by atoms with Crippen LogP contribution in [0.4, 0.5) is 10.9 Å². The van der Waals surface area contributed by atoms with Crippen LogP contribution in [-0.4, -0.2) is 22.4 Å². The Morgan fingerprint density at radius 2 is 2.33 bits per heavy atom. The Morgan fingerprint density at radius 1 is 1.50 bits per heavy atom. The molecule has 2 aromatic rings. The number of anilines is 2. The second kappa shape index (κ2) is 5.92. The minimum absolute atomic E-state index is 0.267. The van der Waals surface area contributed by atoms with Crippen LogP contribution in [0, 0.1) is 0 Å². The summed E-state index contributed by atoms with van der Waals surface area (Å²) in [6.45, 7) is 2.74. The maximum absolute atomic E-state index is 11.9. The van der Waals surface area contributed by atoms with Crippen molar-refractivity contribution in [3.63, 3.8) is 0 Å². The predicted octanol–water partition coefficient (Wildman–Crippen LogP) is 2.98. The summed E-state index contributed by atoms with van der Waals surface area (Å²) in [6.07, 6.45) is 1.64. The molecule has 0 saturated carbocycles. The molecular formula is C11H11BrN4OS. The van der Waals surface area contributed by atoms with Crippen molar-refractivity contribution in [2.75, 3.05) is 17.2 Å². The van der Waals surface area contributed by atoms with Crippen molar-refractivity contribution in [3.05, 3.63) is 33.9 Å². The average molecular weight is 327 g/mol. The molecule has 0 unspecified atom stereocenters. The topological polar surface area (TPSA) is 66.9 Å². The molecule has 94 valence electrons. The summed E-state index contributed by atoms with van der Waals surface area (Å²) in [5, 5.41) is 6.30. The van der Waals surface area contributed by atoms with Gasteiger partial charge in [0.2, 0.25) is 0 Å². The van der Waals surface area contributed by atoms with Gasteiger partial charge < -0.3 is 5.32 Å². The summed E-state index contributed by atoms with van der Waals surface area (Å²) >= 11 is 4.64. The van der Waals surface area contributed by atoms with Gasteiger partial charge in [-0.25, -0.2) is 9.97 Å². The van der Waals surface area contributed by atoms with Crippen LogP contribution < -0.4 is 10.6 Å². The lowest BCUT2D eigenvalue weighted by atomic mass is 10.3. The van der Waals surface area contributed by atoms with Gasteiger partial charge >= 0.3 is 0 Å². The first kappa shape index (κ1) is 13.0. The molecule has 0 atom stereocenters. The normalized spacial score (nSPS) is 10.1. The first-order valence-electron chi connectivity index (χ1n) is 5.32. The summed E-state index contributed by atoms with van der Waals surface area (Å²) in [5.74, 6) is 0.419. The van der Waals surface area contributed by atoms with E-state index in [1.54, 1.807) is 18.3 Å². The highest BCUT2D eigenvalue weighted by atomic mass is 79.9. The van der Waals surface area contributed by atoms with Crippen LogP contribution in [0.5, 0.6) is 0 Å². The standard InChI is InChI=1S/C11H11BrN4OS/c1-2-13-9-5-3-4-7(15-9)10(17)16-11-14-6-8(12)18-11/h3-6H,2H2,1H3,(H,13,15)(H,14,16,17). The lowest BCUT2D eigenvalue weighted by molar-refractivity contribution is 0.102. The molecule has 7 heteroatoms. The number of halogens is 1. The average Bonchev–Trinajstić information content (AvgIpc) is 2.75. The third kappa shape index (κ3) is 3.27. The van der Waals surface area contributed by atoms with Crippen LogP contribution in [0.2, 0.25) is 0 Å². The minimum Gasteiger partial charge on any atom is -0.370 e. The van der Waals surface area contributed by atoms with Gasteiger partial charge in [-0.2, -0.15) is 0 Å². The summed E-state index contributed by atoms with van der Waals surface area (Å²) in [7, 11) is 0. The van der Waals surface area contributed by atoms with E-state index in [-0.39, 0.29) is 5.91 Å². The van der Waals surface area contributed by atoms with E-state index in [4.69, 9.17) is 0 Å². The highest BCUT2D eigenvalue weighted by Gasteiger charge is 2.10. The molecule has 18 heavy (non-hydrogen) atoms. The van der Waals surface area contributed by atoms with Crippen molar-refractivity contribution < 1.29 is 4.79 Å². The largest absolute Gasteiger partial charge is 0.370 e. The molecule has 2 aromatic heterocycles. The van der Waals surface area contributed by atoms with Crippen molar-refractivity contribution in [1.82, 2.24) is 9.97 Å². The van der Waals surface area contributed by atoms with E-state index in [0.29, 0.717) is 16.6 Å². The molecule has 0 saturated heterocycles. The first-order chi connectivity index (χ1) is 8.69. The van der Waals surface area contributed by atoms with Crippen LogP contribution in [0.3, 0.4) is 0 Å². The van der Waals surface area contributed by atoms with E-state index in [9.17, 15) is 4.79 Å². The maximum atomic E-state index is 11.9. The second-order valence-electron chi connectivity index (χ2n) is 3.36. The quantitative estimate of drug-likeness (QED) is 0.906. The number of rotatable bonds is 4. The van der Waals surface area contributed by atoms with Gasteiger partial charge in [-0.15, -0.1) is 0 Å². The van der Waals surface area contributed by atoms with Crippen molar-refractivity contribution in [2.45, 2.75) is 6.92 Å². The molecular weight excluding hydrogens is 316 g/mol. The number of pyridine rings is 1. The summed E-state index contributed by atoms with van der Waals surface area (Å²) in [4.78, 5) is 20.2. The number of nitrogens with one attached hydrogen (secondary N) is 2. The highest BCUT2D eigenvalue weighted by molar-refractivity contribution is 9.11. The molecule has 0 aliphatic carbocycles. The molecule has 2 heterocycles. The highest BCUT2D eigenvalue weighted by Crippen LogP contribution is 2.23. The number of hydrogen-bond acceptors (Lipinski definition) is 5. The Hall–Kier alpha value is -1.47. The van der Waals surface area contributed by atoms with Crippen LogP contribution in [-0.2, 0) is 0 Å². The van der Waals surface area contributed by atoms with Gasteiger partial charge in [0.15, 0.2) is 5.13 Å². The number of thiazole rings is 1. The van der Waals surface area contributed by atoms with Gasteiger partial charge in [0.05, 0.1) is 9.98 Å². The number of nitrogens with zero attached hydrogens (tertiary/aromatic N) is 2. The van der Waals surface area contributed by atoms with Gasteiger partial charge in [-0.3, -0.25) is 10.1 Å². The summed E-state index contributed by atoms with van der Waals surface area (Å²) < 4.78 is 0.868. The molecule has 0 radical (unpaired) electrons. The zero-order valence-electron chi connectivity index (χ0n) is 9.61. The zero-order valence-corrected chi connectivity index (χ0v) is 12.0. The molecule has 1 amide bonds. The number of carbonyl (C=O) groups excluding carboxylic acids is 1. The van der Waals surface area contributed by atoms with E-state index in [0.717, 1.165) is 10.3 Å². The fourth-order valence-corrected chi connectivity index (χ4v) is 2.42. The predicted molar refractivity (Wildman–Crippen MR) is 76.2 cm³/mol. The number of carbonyl (C=O) groups is 1. The van der Waals surface area contributed by atoms with E-state index in [1.807, 2.05) is 13.0 Å². The van der Waals surface area contributed by atoms with Crippen LogP contribution in [0.15, 0.2) is 28.2 Å². The van der Waals surface area contributed by atoms with Crippen molar-refractivity contribution >= 4 is 44.1 Å². The maximum Gasteiger partial charge on any atom is 0.276 e. The molecule has 0 aliphatic rings. The Balaban J connectivity index is 2.11. The third-order valence-corrected chi connectivity index (χ3v) is 3.43. The van der Waals surface area contributed by atoms with Crippen molar-refractivity contribution in [3.8, 4) is 0 Å². The van der Waals surface area contributed by atoms with Crippen LogP contribution >= 0.6 is 27.3 Å². The Morgan fingerprint density at radius 3 is 3.00 bits per heavy atom. The Bertz CT molecular complexity index is 557. The lowest BCUT2D eigenvalue weighted by Crippen LogP contribution is -2.14. The van der Waals surface area contributed by atoms with Gasteiger partial charge in [-0.05, 0) is 35.0 Å². The van der Waals surface area contributed by atoms with Gasteiger partial charge in [0, 0.05) is 6.54 Å². The Labute approximate surface area is 117 Å². The fraction of sp³-hybridized carbons (Fsp3) is 0.182. The van der Waals surface area contributed by atoms with Crippen LogP contribution in [0.1, 0.15) is 17.4 Å². The molecule has 0 aliphatic heterocycles. The molecule has 5 nitrogen and oxygen atoms in total. The minimum atomic E-state index is -0.267. The fourth-order valence-electron chi connectivity index (χ4n) is 1.31. The summed E-state index contributed by atoms with van der Waals surface area (Å²) in [6, 6.07) is 5.27. The van der Waals surface area contributed by atoms with E-state index in [2.05, 4.69) is 36.5 Å². The first-order valence-corrected chi connectivity index (χ1v) is 6.93. The Kier molecular flexibility index (Phi) is 4.27. The van der Waals surface area contributed by atoms with E-state index in [1.165, 1.54) is 11.3 Å². The third-order valence-electron chi connectivity index (χ3n) is 2.04. The molecule has 2 N–H and O–H groups in total. The molecule has 0 aromatic carbocycles. The molecule has 0 bridgehead atoms. The lowest BCUT2D eigenvalue weighted by Gasteiger charge is -2.04. The van der Waals surface area contributed by atoms with Crippen molar-refractivity contribution in [2.24, 2.45) is 0 Å². The van der Waals surface area contributed by atoms with Gasteiger partial charge in [-0.1, -0.05) is 17.4 Å². The van der Waals surface area contributed by atoms with Crippen LogP contribution in [0.25, 0.3) is 0 Å². The van der Waals surface area contributed by atoms with Gasteiger partial charge in [0.1, 0.15) is 11.5 Å². The molecule has 0 fully saturated rings. The van der Waals surface area contributed by atoms with E-state index >= 15 is 0 Å².